The van der Waals surface area contributed by atoms with E-state index in [0.29, 0.717) is 13.1 Å². The number of anilines is 2. The lowest BCUT2D eigenvalue weighted by molar-refractivity contribution is -0.118. The zero-order chi connectivity index (χ0) is 16.0. The molecule has 0 radical (unpaired) electrons. The van der Waals surface area contributed by atoms with Crippen molar-refractivity contribution in [2.24, 2.45) is 0 Å². The van der Waals surface area contributed by atoms with Crippen LogP contribution in [0.3, 0.4) is 0 Å². The van der Waals surface area contributed by atoms with E-state index in [9.17, 15) is 4.79 Å². The molecule has 1 aromatic rings. The molecule has 118 valence electrons. The van der Waals surface area contributed by atoms with Crippen LogP contribution in [-0.4, -0.2) is 35.5 Å². The van der Waals surface area contributed by atoms with Crippen LogP contribution in [0, 0.1) is 6.92 Å². The first-order valence-electron chi connectivity index (χ1n) is 7.37. The Kier molecular flexibility index (Phi) is 5.93. The Labute approximate surface area is 127 Å². The Morgan fingerprint density at radius 2 is 1.67 bits per heavy atom. The van der Waals surface area contributed by atoms with Gasteiger partial charge in [0.1, 0.15) is 17.5 Å². The molecule has 0 atom stereocenters. The van der Waals surface area contributed by atoms with Gasteiger partial charge in [0.05, 0.1) is 0 Å². The van der Waals surface area contributed by atoms with Crippen molar-refractivity contribution in [3.8, 4) is 0 Å². The lowest BCUT2D eigenvalue weighted by Crippen LogP contribution is -2.27. The fourth-order valence-corrected chi connectivity index (χ4v) is 1.78. The summed E-state index contributed by atoms with van der Waals surface area (Å²) in [5, 5.41) is 9.31. The van der Waals surface area contributed by atoms with Crippen molar-refractivity contribution in [1.29, 1.82) is 0 Å². The highest BCUT2D eigenvalue weighted by Crippen LogP contribution is 2.26. The third-order valence-electron chi connectivity index (χ3n) is 2.95. The van der Waals surface area contributed by atoms with Gasteiger partial charge in [-0.25, -0.2) is 9.97 Å². The van der Waals surface area contributed by atoms with Gasteiger partial charge in [0.25, 0.3) is 0 Å². The predicted molar refractivity (Wildman–Crippen MR) is 86.8 cm³/mol. The van der Waals surface area contributed by atoms with E-state index in [1.807, 2.05) is 13.8 Å². The van der Waals surface area contributed by atoms with E-state index in [4.69, 9.17) is 0 Å². The van der Waals surface area contributed by atoms with Gasteiger partial charge in [-0.1, -0.05) is 20.8 Å². The number of rotatable bonds is 6. The minimum Gasteiger partial charge on any atom is -0.370 e. The highest BCUT2D eigenvalue weighted by molar-refractivity contribution is 5.72. The van der Waals surface area contributed by atoms with Crippen LogP contribution in [0.25, 0.3) is 0 Å². The Morgan fingerprint density at radius 3 is 2.14 bits per heavy atom. The van der Waals surface area contributed by atoms with Gasteiger partial charge in [0.2, 0.25) is 5.91 Å². The molecule has 3 N–H and O–H groups in total. The maximum absolute atomic E-state index is 10.9. The van der Waals surface area contributed by atoms with Crippen molar-refractivity contribution in [2.75, 3.05) is 30.3 Å². The van der Waals surface area contributed by atoms with E-state index in [-0.39, 0.29) is 11.3 Å². The molecule has 0 fully saturated rings. The summed E-state index contributed by atoms with van der Waals surface area (Å²) in [5.41, 5.74) is 0.874. The molecule has 0 saturated carbocycles. The topological polar surface area (TPSA) is 78.9 Å². The highest BCUT2D eigenvalue weighted by Gasteiger charge is 2.20. The van der Waals surface area contributed by atoms with Crippen LogP contribution in [0.4, 0.5) is 11.6 Å². The van der Waals surface area contributed by atoms with E-state index >= 15 is 0 Å². The van der Waals surface area contributed by atoms with Gasteiger partial charge in [-0.05, 0) is 13.8 Å². The number of carbonyl (C=O) groups is 1. The summed E-state index contributed by atoms with van der Waals surface area (Å²) >= 11 is 0. The Hall–Kier alpha value is -1.85. The standard InChI is InChI=1S/C15H27N5O/c1-7-16-12-10(2)13(18-9-8-17-11(3)21)20-14(19-12)15(4,5)6/h7-9H2,1-6H3,(H,17,21)(H2,16,18,19,20). The van der Waals surface area contributed by atoms with Crippen LogP contribution in [-0.2, 0) is 10.2 Å². The van der Waals surface area contributed by atoms with E-state index in [2.05, 4.69) is 46.7 Å². The van der Waals surface area contributed by atoms with Crippen LogP contribution in [0.1, 0.15) is 46.0 Å². The summed E-state index contributed by atoms with van der Waals surface area (Å²) < 4.78 is 0. The summed E-state index contributed by atoms with van der Waals surface area (Å²) in [4.78, 5) is 20.1. The fraction of sp³-hybridized carbons (Fsp3) is 0.667. The summed E-state index contributed by atoms with van der Waals surface area (Å²) in [6.45, 7) is 13.8. The van der Waals surface area contributed by atoms with Gasteiger partial charge >= 0.3 is 0 Å². The monoisotopic (exact) mass is 293 g/mol. The van der Waals surface area contributed by atoms with E-state index in [1.165, 1.54) is 6.92 Å². The molecule has 1 aromatic heterocycles. The van der Waals surface area contributed by atoms with Gasteiger partial charge in [-0.15, -0.1) is 0 Å². The third kappa shape index (κ3) is 5.21. The summed E-state index contributed by atoms with van der Waals surface area (Å²) in [6.07, 6.45) is 0. The molecule has 21 heavy (non-hydrogen) atoms. The molecule has 0 unspecified atom stereocenters. The number of nitrogens with zero attached hydrogens (tertiary/aromatic N) is 2. The van der Waals surface area contributed by atoms with Gasteiger partial charge in [0.15, 0.2) is 0 Å². The van der Waals surface area contributed by atoms with Crippen molar-refractivity contribution in [2.45, 2.75) is 47.0 Å². The average Bonchev–Trinajstić information content (AvgIpc) is 2.37. The molecule has 0 aliphatic rings. The van der Waals surface area contributed by atoms with Gasteiger partial charge in [-0.3, -0.25) is 4.79 Å². The van der Waals surface area contributed by atoms with Crippen LogP contribution >= 0.6 is 0 Å². The Morgan fingerprint density at radius 1 is 1.10 bits per heavy atom. The molecule has 0 spiro atoms. The Balaban J connectivity index is 2.95. The molecule has 0 aliphatic carbocycles. The van der Waals surface area contributed by atoms with Crippen molar-refractivity contribution in [3.63, 3.8) is 0 Å². The van der Waals surface area contributed by atoms with E-state index < -0.39 is 0 Å². The van der Waals surface area contributed by atoms with Gasteiger partial charge < -0.3 is 16.0 Å². The second-order valence-electron chi connectivity index (χ2n) is 6.06. The third-order valence-corrected chi connectivity index (χ3v) is 2.95. The molecule has 0 saturated heterocycles. The van der Waals surface area contributed by atoms with Crippen molar-refractivity contribution >= 4 is 17.5 Å². The minimum absolute atomic E-state index is 0.0278. The number of nitrogens with one attached hydrogen (secondary N) is 3. The normalized spacial score (nSPS) is 11.1. The second-order valence-corrected chi connectivity index (χ2v) is 6.06. The molecule has 0 aliphatic heterocycles. The molecular formula is C15H27N5O. The lowest BCUT2D eigenvalue weighted by atomic mass is 9.95. The molecule has 6 nitrogen and oxygen atoms in total. The summed E-state index contributed by atoms with van der Waals surface area (Å²) in [6, 6.07) is 0. The Bertz CT molecular complexity index is 494. The van der Waals surface area contributed by atoms with E-state index in [0.717, 1.165) is 29.6 Å². The maximum atomic E-state index is 10.9. The first-order valence-corrected chi connectivity index (χ1v) is 7.37. The molecule has 1 heterocycles. The molecule has 0 bridgehead atoms. The number of hydrogen-bond acceptors (Lipinski definition) is 5. The number of hydrogen-bond donors (Lipinski definition) is 3. The maximum Gasteiger partial charge on any atom is 0.216 e. The average molecular weight is 293 g/mol. The molecular weight excluding hydrogens is 266 g/mol. The largest absolute Gasteiger partial charge is 0.370 e. The predicted octanol–water partition coefficient (Wildman–Crippen LogP) is 2.06. The highest BCUT2D eigenvalue weighted by atomic mass is 16.1. The zero-order valence-electron chi connectivity index (χ0n) is 13.9. The smallest absolute Gasteiger partial charge is 0.216 e. The van der Waals surface area contributed by atoms with Crippen LogP contribution < -0.4 is 16.0 Å². The van der Waals surface area contributed by atoms with Crippen LogP contribution in [0.5, 0.6) is 0 Å². The lowest BCUT2D eigenvalue weighted by Gasteiger charge is -2.21. The second kappa shape index (κ2) is 7.24. The molecule has 0 aromatic carbocycles. The van der Waals surface area contributed by atoms with Gasteiger partial charge in [0, 0.05) is 37.5 Å². The molecule has 1 amide bonds. The van der Waals surface area contributed by atoms with Crippen LogP contribution in [0.15, 0.2) is 0 Å². The van der Waals surface area contributed by atoms with Crippen molar-refractivity contribution in [3.05, 3.63) is 11.4 Å². The SMILES string of the molecule is CCNc1nc(C(C)(C)C)nc(NCCNC(C)=O)c1C. The molecule has 6 heteroatoms. The van der Waals surface area contributed by atoms with E-state index in [1.54, 1.807) is 0 Å². The fourth-order valence-electron chi connectivity index (χ4n) is 1.78. The number of carbonyl (C=O) groups excluding carboxylic acids is 1. The summed E-state index contributed by atoms with van der Waals surface area (Å²) in [5.74, 6) is 2.45. The first-order chi connectivity index (χ1) is 9.75. The number of amides is 1. The van der Waals surface area contributed by atoms with Crippen molar-refractivity contribution in [1.82, 2.24) is 15.3 Å². The zero-order valence-corrected chi connectivity index (χ0v) is 13.9. The number of aromatic nitrogens is 2. The molecule has 1 rings (SSSR count). The minimum atomic E-state index is -0.119. The quantitative estimate of drug-likeness (QED) is 0.700. The van der Waals surface area contributed by atoms with Crippen LogP contribution in [0.2, 0.25) is 0 Å². The summed E-state index contributed by atoms with van der Waals surface area (Å²) in [7, 11) is 0. The first kappa shape index (κ1) is 17.2. The van der Waals surface area contributed by atoms with Gasteiger partial charge in [-0.2, -0.15) is 0 Å². The van der Waals surface area contributed by atoms with Crippen molar-refractivity contribution < 1.29 is 4.79 Å².